The lowest BCUT2D eigenvalue weighted by Gasteiger charge is -2.40. The average Bonchev–Trinajstić information content (AvgIpc) is 2.34. The molecular formula is C7H10N2O2. The zero-order valence-electron chi connectivity index (χ0n) is 6.03. The fraction of sp³-hybridized carbons (Fsp3) is 0.571. The van der Waals surface area contributed by atoms with Crippen molar-refractivity contribution < 1.29 is 9.63 Å². The summed E-state index contributed by atoms with van der Waals surface area (Å²) in [7, 11) is 0. The van der Waals surface area contributed by atoms with E-state index in [0.717, 1.165) is 5.69 Å². The van der Waals surface area contributed by atoms with E-state index in [0.29, 0.717) is 12.8 Å². The number of hydrogen-bond acceptors (Lipinski definition) is 4. The third-order valence-corrected chi connectivity index (χ3v) is 2.15. The number of hydrogen-bond donors (Lipinski definition) is 2. The minimum absolute atomic E-state index is 0.267. The van der Waals surface area contributed by atoms with Crippen LogP contribution in [0.5, 0.6) is 0 Å². The van der Waals surface area contributed by atoms with E-state index in [4.69, 9.17) is 10.8 Å². The Morgan fingerprint density at radius 3 is 2.91 bits per heavy atom. The first-order valence-electron chi connectivity index (χ1n) is 3.58. The van der Waals surface area contributed by atoms with Crippen LogP contribution in [0.3, 0.4) is 0 Å². The summed E-state index contributed by atoms with van der Waals surface area (Å²) in [4.78, 5) is 0. The predicted octanol–water partition coefficient (Wildman–Crippen LogP) is -0.0167. The molecule has 4 nitrogen and oxygen atoms in total. The summed E-state index contributed by atoms with van der Waals surface area (Å²) >= 11 is 0. The molecule has 0 amide bonds. The van der Waals surface area contributed by atoms with Gasteiger partial charge in [0.05, 0.1) is 11.6 Å². The molecule has 4 heteroatoms. The molecule has 0 unspecified atom stereocenters. The van der Waals surface area contributed by atoms with Gasteiger partial charge in [0.2, 0.25) is 0 Å². The van der Waals surface area contributed by atoms with Crippen LogP contribution < -0.4 is 5.73 Å². The second-order valence-electron chi connectivity index (χ2n) is 3.10. The number of aromatic nitrogens is 1. The number of aliphatic hydroxyl groups excluding tert-OH is 1. The summed E-state index contributed by atoms with van der Waals surface area (Å²) < 4.78 is 4.66. The van der Waals surface area contributed by atoms with Crippen LogP contribution in [0.25, 0.3) is 0 Å². The van der Waals surface area contributed by atoms with Crippen molar-refractivity contribution in [3.8, 4) is 0 Å². The van der Waals surface area contributed by atoms with Crippen molar-refractivity contribution in [2.24, 2.45) is 5.73 Å². The van der Waals surface area contributed by atoms with Gasteiger partial charge in [0.15, 0.2) is 0 Å². The van der Waals surface area contributed by atoms with Crippen molar-refractivity contribution in [1.29, 1.82) is 0 Å². The van der Waals surface area contributed by atoms with Gasteiger partial charge in [0.1, 0.15) is 12.0 Å². The lowest BCUT2D eigenvalue weighted by atomic mass is 9.73. The number of aliphatic hydroxyl groups is 1. The SMILES string of the molecule is NC1(c2ccon2)CC(O)C1. The zero-order valence-corrected chi connectivity index (χ0v) is 6.03. The molecular weight excluding hydrogens is 144 g/mol. The van der Waals surface area contributed by atoms with E-state index < -0.39 is 5.54 Å². The molecule has 3 N–H and O–H groups in total. The molecule has 0 atom stereocenters. The minimum atomic E-state index is -0.438. The molecule has 0 bridgehead atoms. The van der Waals surface area contributed by atoms with E-state index in [1.54, 1.807) is 6.07 Å². The monoisotopic (exact) mass is 154 g/mol. The maximum absolute atomic E-state index is 9.04. The first-order chi connectivity index (χ1) is 5.21. The van der Waals surface area contributed by atoms with Crippen molar-refractivity contribution >= 4 is 0 Å². The van der Waals surface area contributed by atoms with Gasteiger partial charge in [-0.2, -0.15) is 0 Å². The van der Waals surface area contributed by atoms with E-state index in [9.17, 15) is 0 Å². The molecule has 60 valence electrons. The van der Waals surface area contributed by atoms with Gasteiger partial charge in [-0.15, -0.1) is 0 Å². The van der Waals surface area contributed by atoms with Crippen LogP contribution >= 0.6 is 0 Å². The smallest absolute Gasteiger partial charge is 0.124 e. The standard InChI is InChI=1S/C7H10N2O2/c8-7(3-5(10)4-7)6-1-2-11-9-6/h1-2,5,10H,3-4,8H2. The molecule has 0 radical (unpaired) electrons. The highest BCUT2D eigenvalue weighted by Crippen LogP contribution is 2.37. The van der Waals surface area contributed by atoms with E-state index in [1.165, 1.54) is 6.26 Å². The van der Waals surface area contributed by atoms with Crippen LogP contribution in [0.4, 0.5) is 0 Å². The molecule has 1 heterocycles. The van der Waals surface area contributed by atoms with E-state index in [1.807, 2.05) is 0 Å². The molecule has 0 aliphatic heterocycles. The molecule has 2 rings (SSSR count). The fourth-order valence-corrected chi connectivity index (χ4v) is 1.46. The van der Waals surface area contributed by atoms with Gasteiger partial charge in [0.25, 0.3) is 0 Å². The minimum Gasteiger partial charge on any atom is -0.393 e. The van der Waals surface area contributed by atoms with Gasteiger partial charge in [0, 0.05) is 6.07 Å². The predicted molar refractivity (Wildman–Crippen MR) is 37.6 cm³/mol. The average molecular weight is 154 g/mol. The van der Waals surface area contributed by atoms with Crippen molar-refractivity contribution in [2.75, 3.05) is 0 Å². The van der Waals surface area contributed by atoms with Crippen LogP contribution in [-0.4, -0.2) is 16.4 Å². The fourth-order valence-electron chi connectivity index (χ4n) is 1.46. The Morgan fingerprint density at radius 1 is 1.73 bits per heavy atom. The molecule has 0 aromatic carbocycles. The maximum Gasteiger partial charge on any atom is 0.124 e. The first-order valence-corrected chi connectivity index (χ1v) is 3.58. The van der Waals surface area contributed by atoms with E-state index in [2.05, 4.69) is 9.68 Å². The Balaban J connectivity index is 2.18. The second-order valence-corrected chi connectivity index (χ2v) is 3.10. The van der Waals surface area contributed by atoms with Gasteiger partial charge in [-0.1, -0.05) is 5.16 Å². The van der Waals surface area contributed by atoms with Crippen LogP contribution in [0.1, 0.15) is 18.5 Å². The molecule has 1 aromatic heterocycles. The highest BCUT2D eigenvalue weighted by Gasteiger charge is 2.43. The quantitative estimate of drug-likeness (QED) is 0.596. The number of nitrogens with two attached hydrogens (primary N) is 1. The number of nitrogens with zero attached hydrogens (tertiary/aromatic N) is 1. The third kappa shape index (κ3) is 0.948. The summed E-state index contributed by atoms with van der Waals surface area (Å²) in [6.45, 7) is 0. The van der Waals surface area contributed by atoms with Crippen LogP contribution in [0.15, 0.2) is 16.9 Å². The molecule has 0 saturated heterocycles. The molecule has 11 heavy (non-hydrogen) atoms. The second kappa shape index (κ2) is 2.06. The largest absolute Gasteiger partial charge is 0.393 e. The summed E-state index contributed by atoms with van der Waals surface area (Å²) in [5, 5.41) is 12.8. The van der Waals surface area contributed by atoms with Gasteiger partial charge in [-0.25, -0.2) is 0 Å². The number of rotatable bonds is 1. The van der Waals surface area contributed by atoms with Gasteiger partial charge >= 0.3 is 0 Å². The van der Waals surface area contributed by atoms with Crippen molar-refractivity contribution in [1.82, 2.24) is 5.16 Å². The highest BCUT2D eigenvalue weighted by atomic mass is 16.5. The van der Waals surface area contributed by atoms with Crippen molar-refractivity contribution in [3.05, 3.63) is 18.0 Å². The van der Waals surface area contributed by atoms with Crippen LogP contribution in [-0.2, 0) is 5.54 Å². The molecule has 1 saturated carbocycles. The zero-order chi connectivity index (χ0) is 7.90. The summed E-state index contributed by atoms with van der Waals surface area (Å²) in [6, 6.07) is 1.74. The maximum atomic E-state index is 9.04. The molecule has 0 spiro atoms. The van der Waals surface area contributed by atoms with E-state index >= 15 is 0 Å². The summed E-state index contributed by atoms with van der Waals surface area (Å²) in [5.74, 6) is 0. The lowest BCUT2D eigenvalue weighted by molar-refractivity contribution is 0.0174. The van der Waals surface area contributed by atoms with Gasteiger partial charge in [-0.05, 0) is 12.8 Å². The highest BCUT2D eigenvalue weighted by molar-refractivity contribution is 5.17. The molecule has 1 fully saturated rings. The molecule has 1 aliphatic rings. The lowest BCUT2D eigenvalue weighted by Crippen LogP contribution is -2.51. The third-order valence-electron chi connectivity index (χ3n) is 2.15. The Labute approximate surface area is 64.0 Å². The van der Waals surface area contributed by atoms with Crippen molar-refractivity contribution in [3.63, 3.8) is 0 Å². The topological polar surface area (TPSA) is 72.3 Å². The van der Waals surface area contributed by atoms with Gasteiger partial charge in [-0.3, -0.25) is 0 Å². The summed E-state index contributed by atoms with van der Waals surface area (Å²) in [5.41, 5.74) is 6.18. The Kier molecular flexibility index (Phi) is 1.27. The Bertz CT molecular complexity index is 239. The Morgan fingerprint density at radius 2 is 2.45 bits per heavy atom. The summed E-state index contributed by atoms with van der Waals surface area (Å²) in [6.07, 6.45) is 2.39. The molecule has 1 aromatic rings. The normalized spacial score (nSPS) is 36.7. The Hall–Kier alpha value is -0.870. The molecule has 1 aliphatic carbocycles. The van der Waals surface area contributed by atoms with Crippen LogP contribution in [0, 0.1) is 0 Å². The van der Waals surface area contributed by atoms with Gasteiger partial charge < -0.3 is 15.4 Å². The van der Waals surface area contributed by atoms with Crippen molar-refractivity contribution in [2.45, 2.75) is 24.5 Å². The first kappa shape index (κ1) is 6.82. The van der Waals surface area contributed by atoms with Crippen LogP contribution in [0.2, 0.25) is 0 Å². The van der Waals surface area contributed by atoms with E-state index in [-0.39, 0.29) is 6.10 Å².